The number of rotatable bonds is 6. The van der Waals surface area contributed by atoms with Gasteiger partial charge in [-0.2, -0.15) is 43.2 Å². The number of nitrogens with zero attached hydrogens (tertiary/aromatic N) is 2. The molecule has 6 unspecified atom stereocenters. The van der Waals surface area contributed by atoms with E-state index < -0.39 is 84.0 Å². The number of hydroxylamine groups is 4. The van der Waals surface area contributed by atoms with Gasteiger partial charge in [-0.1, -0.05) is 13.8 Å². The SMILES string of the molecule is CC(C)(C1CCC2C(=O)N(OS(=O)(=O)C(F)(F)F)C(=O)C2C1)C1CCC2C(=O)N(OS(=O)(=O)C(F)(F)F)C(=O)C2C1. The third-order valence-electron chi connectivity index (χ3n) is 8.79. The van der Waals surface area contributed by atoms with Crippen LogP contribution in [0.1, 0.15) is 52.4 Å². The molecule has 41 heavy (non-hydrogen) atoms. The van der Waals surface area contributed by atoms with Crippen molar-refractivity contribution in [1.29, 1.82) is 0 Å². The largest absolute Gasteiger partial charge is 0.525 e. The Morgan fingerprint density at radius 2 is 0.878 bits per heavy atom. The lowest BCUT2D eigenvalue weighted by molar-refractivity contribution is -0.170. The highest BCUT2D eigenvalue weighted by Gasteiger charge is 2.60. The van der Waals surface area contributed by atoms with Gasteiger partial charge in [-0.3, -0.25) is 19.2 Å². The summed E-state index contributed by atoms with van der Waals surface area (Å²) in [6.07, 6.45) is 0.521. The minimum absolute atomic E-state index is 0.0162. The number of carbonyl (C=O) groups excluding carboxylic acids is 4. The van der Waals surface area contributed by atoms with Crippen LogP contribution in [0.5, 0.6) is 0 Å². The van der Waals surface area contributed by atoms with Gasteiger partial charge in [0.05, 0.1) is 23.7 Å². The quantitative estimate of drug-likeness (QED) is 0.239. The lowest BCUT2D eigenvalue weighted by Crippen LogP contribution is -2.42. The molecule has 232 valence electrons. The molecule has 0 aromatic carbocycles. The van der Waals surface area contributed by atoms with Crippen molar-refractivity contribution in [2.24, 2.45) is 40.9 Å². The maximum absolute atomic E-state index is 12.8. The number of hydrogen-bond acceptors (Lipinski definition) is 10. The van der Waals surface area contributed by atoms with E-state index in [1.54, 1.807) is 13.8 Å². The smallest absolute Gasteiger partial charge is 0.272 e. The second-order valence-corrected chi connectivity index (χ2v) is 14.2. The number of carbonyl (C=O) groups is 4. The molecule has 0 bridgehead atoms. The zero-order valence-corrected chi connectivity index (χ0v) is 22.9. The molecule has 2 aliphatic carbocycles. The fraction of sp³-hybridized carbons (Fsp3) is 0.810. The number of imide groups is 2. The van der Waals surface area contributed by atoms with Gasteiger partial charge in [-0.15, -0.1) is 18.7 Å². The van der Waals surface area contributed by atoms with E-state index in [0.717, 1.165) is 0 Å². The summed E-state index contributed by atoms with van der Waals surface area (Å²) in [5.74, 6) is -10.2. The van der Waals surface area contributed by atoms with E-state index in [4.69, 9.17) is 0 Å². The summed E-state index contributed by atoms with van der Waals surface area (Å²) in [5.41, 5.74) is -12.5. The monoisotopic (exact) mass is 642 g/mol. The maximum Gasteiger partial charge on any atom is 0.525 e. The highest BCUT2D eigenvalue weighted by atomic mass is 32.2. The molecule has 2 saturated carbocycles. The third kappa shape index (κ3) is 5.24. The molecule has 20 heteroatoms. The Kier molecular flexibility index (Phi) is 7.61. The molecule has 0 radical (unpaired) electrons. The summed E-state index contributed by atoms with van der Waals surface area (Å²) in [6.45, 7) is 3.52. The lowest BCUT2D eigenvalue weighted by Gasteiger charge is -2.47. The summed E-state index contributed by atoms with van der Waals surface area (Å²) in [7, 11) is -12.6. The minimum atomic E-state index is -6.28. The van der Waals surface area contributed by atoms with Crippen LogP contribution < -0.4 is 0 Å². The number of amides is 4. The first-order chi connectivity index (χ1) is 18.5. The second kappa shape index (κ2) is 9.87. The van der Waals surface area contributed by atoms with Gasteiger partial charge in [-0.25, -0.2) is 0 Å². The normalized spacial score (nSPS) is 32.0. The fourth-order valence-corrected chi connectivity index (χ4v) is 7.27. The van der Waals surface area contributed by atoms with Gasteiger partial charge < -0.3 is 0 Å². The molecule has 4 amide bonds. The summed E-state index contributed by atoms with van der Waals surface area (Å²) in [5, 5.41) is -0.740. The van der Waals surface area contributed by atoms with Gasteiger partial charge in [0.15, 0.2) is 0 Å². The van der Waals surface area contributed by atoms with Crippen LogP contribution in [0.15, 0.2) is 0 Å². The molecule has 4 fully saturated rings. The van der Waals surface area contributed by atoms with E-state index in [2.05, 4.69) is 8.57 Å². The van der Waals surface area contributed by atoms with Crippen LogP contribution in [-0.4, -0.2) is 61.6 Å². The first-order valence-corrected chi connectivity index (χ1v) is 15.1. The topological polar surface area (TPSA) is 161 Å². The molecule has 0 spiro atoms. The molecule has 6 atom stereocenters. The number of fused-ring (bicyclic) bond motifs is 2. The summed E-state index contributed by atoms with van der Waals surface area (Å²) < 4.78 is 130. The van der Waals surface area contributed by atoms with E-state index in [1.807, 2.05) is 0 Å². The van der Waals surface area contributed by atoms with Gasteiger partial charge >= 0.3 is 31.3 Å². The Hall–Kier alpha value is -2.32. The Morgan fingerprint density at radius 3 is 1.17 bits per heavy atom. The van der Waals surface area contributed by atoms with Crippen molar-refractivity contribution >= 4 is 43.9 Å². The highest BCUT2D eigenvalue weighted by Crippen LogP contribution is 2.55. The molecule has 4 rings (SSSR count). The summed E-state index contributed by atoms with van der Waals surface area (Å²) in [4.78, 5) is 50.6. The van der Waals surface area contributed by atoms with Crippen LogP contribution in [0.4, 0.5) is 26.3 Å². The summed E-state index contributed by atoms with van der Waals surface area (Å²) in [6, 6.07) is 0. The Morgan fingerprint density at radius 1 is 0.585 bits per heavy atom. The van der Waals surface area contributed by atoms with Gasteiger partial charge in [0, 0.05) is 0 Å². The first-order valence-electron chi connectivity index (χ1n) is 12.3. The molecular weight excluding hydrogens is 618 g/mol. The Bertz CT molecular complexity index is 1280. The van der Waals surface area contributed by atoms with E-state index in [0.29, 0.717) is 0 Å². The Labute approximate surface area is 229 Å². The van der Waals surface area contributed by atoms with Gasteiger partial charge in [0.2, 0.25) is 0 Å². The van der Waals surface area contributed by atoms with Crippen LogP contribution in [0.3, 0.4) is 0 Å². The van der Waals surface area contributed by atoms with Gasteiger partial charge in [0.25, 0.3) is 23.6 Å². The molecule has 4 aliphatic rings. The molecule has 2 aliphatic heterocycles. The van der Waals surface area contributed by atoms with E-state index in [9.17, 15) is 62.4 Å². The standard InChI is InChI=1S/C21H24F6N2O10S2/c1-19(2,9-3-5-11-13(7-9)17(32)28(15(11)30)38-40(34,35)20(22,23)24)10-4-6-12-14(8-10)18(33)29(16(12)31)39-41(36,37)21(25,26)27/h9-14H,3-8H2,1-2H3. The molecule has 2 heterocycles. The van der Waals surface area contributed by atoms with E-state index in [-0.39, 0.29) is 60.5 Å². The first kappa shape index (κ1) is 31.6. The van der Waals surface area contributed by atoms with E-state index in [1.165, 1.54) is 0 Å². The summed E-state index contributed by atoms with van der Waals surface area (Å²) >= 11 is 0. The average Bonchev–Trinajstić information content (AvgIpc) is 3.22. The zero-order valence-electron chi connectivity index (χ0n) is 21.3. The molecule has 0 aromatic heterocycles. The van der Waals surface area contributed by atoms with Crippen LogP contribution in [0.25, 0.3) is 0 Å². The third-order valence-corrected chi connectivity index (χ3v) is 10.6. The molecule has 0 N–H and O–H groups in total. The van der Waals surface area contributed by atoms with Crippen molar-refractivity contribution in [3.05, 3.63) is 0 Å². The minimum Gasteiger partial charge on any atom is -0.272 e. The highest BCUT2D eigenvalue weighted by molar-refractivity contribution is 7.87. The van der Waals surface area contributed by atoms with Crippen molar-refractivity contribution in [3.63, 3.8) is 0 Å². The zero-order chi connectivity index (χ0) is 31.1. The predicted octanol–water partition coefficient (Wildman–Crippen LogP) is 2.38. The van der Waals surface area contributed by atoms with Crippen LogP contribution in [0, 0.1) is 40.9 Å². The van der Waals surface area contributed by atoms with E-state index >= 15 is 0 Å². The van der Waals surface area contributed by atoms with Crippen LogP contribution in [0.2, 0.25) is 0 Å². The van der Waals surface area contributed by atoms with Crippen molar-refractivity contribution in [2.45, 2.75) is 63.4 Å². The van der Waals surface area contributed by atoms with Crippen molar-refractivity contribution in [3.8, 4) is 0 Å². The lowest BCUT2D eigenvalue weighted by atomic mass is 9.56. The number of hydrogen-bond donors (Lipinski definition) is 0. The molecule has 2 saturated heterocycles. The van der Waals surface area contributed by atoms with Gasteiger partial charge in [0.1, 0.15) is 0 Å². The molecule has 0 aromatic rings. The van der Waals surface area contributed by atoms with Crippen LogP contribution in [-0.2, 0) is 48.0 Å². The maximum atomic E-state index is 12.8. The number of halogens is 6. The molecular formula is C21H24F6N2O10S2. The number of alkyl halides is 6. The van der Waals surface area contributed by atoms with Gasteiger partial charge in [-0.05, 0) is 55.8 Å². The average molecular weight is 643 g/mol. The fourth-order valence-electron chi connectivity index (χ4n) is 6.41. The Balaban J connectivity index is 1.47. The predicted molar refractivity (Wildman–Crippen MR) is 118 cm³/mol. The van der Waals surface area contributed by atoms with Crippen LogP contribution >= 0.6 is 0 Å². The molecule has 12 nitrogen and oxygen atoms in total. The van der Waals surface area contributed by atoms with Crippen molar-refractivity contribution < 1.29 is 70.9 Å². The van der Waals surface area contributed by atoms with Crippen molar-refractivity contribution in [2.75, 3.05) is 0 Å². The second-order valence-electron chi connectivity index (χ2n) is 11.2. The van der Waals surface area contributed by atoms with Crippen molar-refractivity contribution in [1.82, 2.24) is 10.1 Å².